The average Bonchev–Trinajstić information content (AvgIpc) is 3.24. The van der Waals surface area contributed by atoms with Gasteiger partial charge in [-0.1, -0.05) is 57.6 Å². The van der Waals surface area contributed by atoms with Crippen molar-refractivity contribution in [3.8, 4) is 11.5 Å². The monoisotopic (exact) mass is 729 g/mol. The van der Waals surface area contributed by atoms with Crippen molar-refractivity contribution in [3.05, 3.63) is 117 Å². The molecule has 1 atom stereocenters. The van der Waals surface area contributed by atoms with E-state index in [4.69, 9.17) is 14.5 Å². The van der Waals surface area contributed by atoms with Gasteiger partial charge in [-0.25, -0.2) is 4.99 Å². The fraction of sp³-hybridized carbons (Fsp3) is 0.167. The number of fused-ring (bicyclic) bond motifs is 1. The summed E-state index contributed by atoms with van der Waals surface area (Å²) in [7, 11) is 1.59. The van der Waals surface area contributed by atoms with Crippen LogP contribution in [0.15, 0.2) is 92.3 Å². The van der Waals surface area contributed by atoms with E-state index in [9.17, 15) is 9.59 Å². The van der Waals surface area contributed by atoms with E-state index >= 15 is 0 Å². The molecule has 0 saturated carbocycles. The summed E-state index contributed by atoms with van der Waals surface area (Å²) in [4.78, 5) is 33.0. The second-order valence-corrected chi connectivity index (χ2v) is 12.0. The zero-order valence-electron chi connectivity index (χ0n) is 21.9. The van der Waals surface area contributed by atoms with Crippen LogP contribution < -0.4 is 29.7 Å². The Bertz CT molecular complexity index is 1810. The maximum absolute atomic E-state index is 14.1. The summed E-state index contributed by atoms with van der Waals surface area (Å²) in [6.45, 7) is 4.22. The van der Waals surface area contributed by atoms with Crippen LogP contribution >= 0.6 is 49.9 Å². The second-order valence-electron chi connectivity index (χ2n) is 8.92. The highest BCUT2D eigenvalue weighted by Crippen LogP contribution is 2.33. The van der Waals surface area contributed by atoms with Gasteiger partial charge in [-0.15, -0.1) is 0 Å². The molecule has 10 heteroatoms. The number of aromatic nitrogens is 1. The Hall–Kier alpha value is -3.22. The molecular formula is C30H25BrIN3O4S. The quantitative estimate of drug-likeness (QED) is 0.250. The molecule has 0 aliphatic carbocycles. The Kier molecular flexibility index (Phi) is 8.57. The largest absolute Gasteiger partial charge is 0.497 e. The van der Waals surface area contributed by atoms with Crippen LogP contribution in [0, 0.1) is 3.57 Å². The van der Waals surface area contributed by atoms with E-state index in [2.05, 4.69) is 43.8 Å². The van der Waals surface area contributed by atoms with Crippen molar-refractivity contribution in [2.24, 2.45) is 4.99 Å². The fourth-order valence-electron chi connectivity index (χ4n) is 4.58. The van der Waals surface area contributed by atoms with E-state index in [1.807, 2.05) is 79.7 Å². The van der Waals surface area contributed by atoms with Crippen molar-refractivity contribution in [3.63, 3.8) is 0 Å². The van der Waals surface area contributed by atoms with Gasteiger partial charge in [-0.3, -0.25) is 14.2 Å². The molecule has 0 bridgehead atoms. The van der Waals surface area contributed by atoms with E-state index in [1.165, 1.54) is 11.3 Å². The number of halogens is 2. The molecule has 204 valence electrons. The average molecular weight is 730 g/mol. The highest BCUT2D eigenvalue weighted by molar-refractivity contribution is 14.1. The topological polar surface area (TPSA) is 81.9 Å². The van der Waals surface area contributed by atoms with Gasteiger partial charge in [-0.2, -0.15) is 0 Å². The molecular weight excluding hydrogens is 705 g/mol. The zero-order valence-corrected chi connectivity index (χ0v) is 26.5. The molecule has 1 amide bonds. The molecule has 0 saturated heterocycles. The molecule has 0 spiro atoms. The standard InChI is InChI=1S/C30H25BrIN3O4S/c1-4-39-27-19(13-20(31)16-23(27)32)15-24-29(37)35-26(18-9-8-12-22(14-18)38-3)25(17(2)33-30(35)40-24)28(36)34-21-10-6-5-7-11-21/h5-16,26H,4H2,1-3H3,(H,34,36)/b24-15-/t26-/m1/s1. The van der Waals surface area contributed by atoms with E-state index in [-0.39, 0.29) is 11.5 Å². The third kappa shape index (κ3) is 5.65. The molecule has 7 nitrogen and oxygen atoms in total. The number of para-hydroxylation sites is 1. The number of hydrogen-bond acceptors (Lipinski definition) is 6. The molecule has 0 radical (unpaired) electrons. The SMILES string of the molecule is CCOc1c(I)cc(Br)cc1/C=c1\sc2n(c1=O)[C@H](c1cccc(OC)c1)C(C(=O)Nc1ccccc1)=C(C)N=2. The Labute approximate surface area is 257 Å². The summed E-state index contributed by atoms with van der Waals surface area (Å²) < 4.78 is 15.3. The molecule has 1 N–H and O–H groups in total. The van der Waals surface area contributed by atoms with Gasteiger partial charge >= 0.3 is 0 Å². The Morgan fingerprint density at radius 3 is 2.67 bits per heavy atom. The molecule has 0 fully saturated rings. The minimum absolute atomic E-state index is 0.244. The summed E-state index contributed by atoms with van der Waals surface area (Å²) in [6.07, 6.45) is 1.83. The minimum Gasteiger partial charge on any atom is -0.497 e. The first-order valence-corrected chi connectivity index (χ1v) is 15.1. The van der Waals surface area contributed by atoms with Gasteiger partial charge < -0.3 is 14.8 Å². The predicted molar refractivity (Wildman–Crippen MR) is 170 cm³/mol. The predicted octanol–water partition coefficient (Wildman–Crippen LogP) is 5.65. The Morgan fingerprint density at radius 2 is 1.95 bits per heavy atom. The van der Waals surface area contributed by atoms with E-state index in [0.29, 0.717) is 44.4 Å². The molecule has 1 aliphatic heterocycles. The lowest BCUT2D eigenvalue weighted by atomic mass is 9.95. The molecule has 40 heavy (non-hydrogen) atoms. The van der Waals surface area contributed by atoms with Crippen molar-refractivity contribution in [2.75, 3.05) is 19.0 Å². The molecule has 5 rings (SSSR count). The van der Waals surface area contributed by atoms with Crippen LogP contribution in [-0.2, 0) is 4.79 Å². The number of ether oxygens (including phenoxy) is 2. The van der Waals surface area contributed by atoms with Gasteiger partial charge in [0.1, 0.15) is 11.5 Å². The number of rotatable bonds is 7. The third-order valence-corrected chi connectivity index (χ3v) is 8.56. The van der Waals surface area contributed by atoms with Crippen molar-refractivity contribution in [1.29, 1.82) is 0 Å². The number of methoxy groups -OCH3 is 1. The van der Waals surface area contributed by atoms with Crippen LogP contribution in [0.2, 0.25) is 0 Å². The minimum atomic E-state index is -0.703. The zero-order chi connectivity index (χ0) is 28.4. The number of nitrogens with one attached hydrogen (secondary N) is 1. The second kappa shape index (κ2) is 12.1. The van der Waals surface area contributed by atoms with E-state index in [0.717, 1.165) is 19.2 Å². The first kappa shape index (κ1) is 28.3. The number of carbonyl (C=O) groups excluding carboxylic acids is 1. The number of allylic oxidation sites excluding steroid dienone is 1. The smallest absolute Gasteiger partial charge is 0.271 e. The van der Waals surface area contributed by atoms with Gasteiger partial charge in [0.2, 0.25) is 0 Å². The Morgan fingerprint density at radius 1 is 1.18 bits per heavy atom. The lowest BCUT2D eigenvalue weighted by molar-refractivity contribution is -0.113. The third-order valence-electron chi connectivity index (χ3n) is 6.32. The van der Waals surface area contributed by atoms with Gasteiger partial charge in [0.05, 0.1) is 39.1 Å². The molecule has 2 heterocycles. The number of thiazole rings is 1. The number of benzene rings is 3. The highest BCUT2D eigenvalue weighted by Gasteiger charge is 2.33. The molecule has 1 aliphatic rings. The lowest BCUT2D eigenvalue weighted by Crippen LogP contribution is -2.40. The van der Waals surface area contributed by atoms with Crippen molar-refractivity contribution < 1.29 is 14.3 Å². The normalized spacial score (nSPS) is 14.9. The molecule has 1 aromatic heterocycles. The molecule has 4 aromatic rings. The Balaban J connectivity index is 1.71. The van der Waals surface area contributed by atoms with Gasteiger partial charge in [0, 0.05) is 15.7 Å². The summed E-state index contributed by atoms with van der Waals surface area (Å²) in [5, 5.41) is 2.97. The first-order chi connectivity index (χ1) is 19.3. The number of nitrogens with zero attached hydrogens (tertiary/aromatic N) is 2. The van der Waals surface area contributed by atoms with Gasteiger partial charge in [0.15, 0.2) is 4.80 Å². The van der Waals surface area contributed by atoms with E-state index < -0.39 is 6.04 Å². The molecule has 3 aromatic carbocycles. The number of carbonyl (C=O) groups is 1. The number of hydrogen-bond donors (Lipinski definition) is 1. The van der Waals surface area contributed by atoms with Crippen LogP contribution in [0.25, 0.3) is 6.08 Å². The fourth-order valence-corrected chi connectivity index (χ4v) is 7.33. The summed E-state index contributed by atoms with van der Waals surface area (Å²) in [5.74, 6) is 1.01. The van der Waals surface area contributed by atoms with Crippen molar-refractivity contribution in [1.82, 2.24) is 4.57 Å². The van der Waals surface area contributed by atoms with Crippen molar-refractivity contribution in [2.45, 2.75) is 19.9 Å². The van der Waals surface area contributed by atoms with Gasteiger partial charge in [0.25, 0.3) is 11.5 Å². The number of anilines is 1. The summed E-state index contributed by atoms with van der Waals surface area (Å²) >= 11 is 7.07. The highest BCUT2D eigenvalue weighted by atomic mass is 127. The number of amides is 1. The van der Waals surface area contributed by atoms with Crippen LogP contribution in [-0.4, -0.2) is 24.2 Å². The van der Waals surface area contributed by atoms with Crippen LogP contribution in [0.1, 0.15) is 31.0 Å². The summed E-state index contributed by atoms with van der Waals surface area (Å²) in [6, 6.07) is 19.8. The summed E-state index contributed by atoms with van der Waals surface area (Å²) in [5.41, 5.74) is 2.87. The first-order valence-electron chi connectivity index (χ1n) is 12.5. The van der Waals surface area contributed by atoms with E-state index in [1.54, 1.807) is 18.6 Å². The lowest BCUT2D eigenvalue weighted by Gasteiger charge is -2.25. The van der Waals surface area contributed by atoms with Crippen LogP contribution in [0.4, 0.5) is 5.69 Å². The maximum Gasteiger partial charge on any atom is 0.271 e. The van der Waals surface area contributed by atoms with Crippen molar-refractivity contribution >= 4 is 67.5 Å². The van der Waals surface area contributed by atoms with Crippen LogP contribution in [0.5, 0.6) is 11.5 Å². The van der Waals surface area contributed by atoms with Gasteiger partial charge in [-0.05, 0) is 84.5 Å². The van der Waals surface area contributed by atoms with Crippen LogP contribution in [0.3, 0.4) is 0 Å². The maximum atomic E-state index is 14.1. The molecule has 0 unspecified atom stereocenters.